The average molecular weight is 418 g/mol. The van der Waals surface area contributed by atoms with Crippen LogP contribution in [0.1, 0.15) is 24.2 Å². The first kappa shape index (κ1) is 19.2. The van der Waals surface area contributed by atoms with E-state index >= 15 is 0 Å². The standard InChI is InChI=1S/C19H20ClN5O2S/c1-13-21-22-16-6-7-17(23-25(13)16)28-12-18(26)24-10-8-19(27,9-11-24)14-2-4-15(20)5-3-14/h2-7,27H,8-12H2,1H3. The number of aryl methyl sites for hydroxylation is 1. The molecule has 0 spiro atoms. The Labute approximate surface area is 171 Å². The molecule has 1 aromatic carbocycles. The number of carbonyl (C=O) groups excluding carboxylic acids is 1. The maximum atomic E-state index is 12.6. The molecule has 0 radical (unpaired) electrons. The molecular formula is C19H20ClN5O2S. The molecule has 1 aliphatic heterocycles. The van der Waals surface area contributed by atoms with Gasteiger partial charge in [-0.1, -0.05) is 35.5 Å². The third-order valence-electron chi connectivity index (χ3n) is 5.06. The van der Waals surface area contributed by atoms with Gasteiger partial charge in [0.15, 0.2) is 11.5 Å². The van der Waals surface area contributed by atoms with Gasteiger partial charge in [0.25, 0.3) is 0 Å². The van der Waals surface area contributed by atoms with Gasteiger partial charge in [0, 0.05) is 18.1 Å². The highest BCUT2D eigenvalue weighted by Crippen LogP contribution is 2.33. The Morgan fingerprint density at radius 3 is 2.61 bits per heavy atom. The average Bonchev–Trinajstić information content (AvgIpc) is 3.07. The molecule has 9 heteroatoms. The first-order valence-electron chi connectivity index (χ1n) is 9.03. The van der Waals surface area contributed by atoms with Crippen molar-refractivity contribution in [1.29, 1.82) is 0 Å². The summed E-state index contributed by atoms with van der Waals surface area (Å²) in [5.41, 5.74) is 0.624. The van der Waals surface area contributed by atoms with Crippen LogP contribution >= 0.6 is 23.4 Å². The minimum atomic E-state index is -0.910. The van der Waals surface area contributed by atoms with Crippen LogP contribution in [-0.2, 0) is 10.4 Å². The summed E-state index contributed by atoms with van der Waals surface area (Å²) in [4.78, 5) is 14.4. The number of aromatic nitrogens is 4. The van der Waals surface area contributed by atoms with Crippen LogP contribution < -0.4 is 0 Å². The van der Waals surface area contributed by atoms with Gasteiger partial charge in [0.2, 0.25) is 5.91 Å². The second-order valence-corrected chi connectivity index (χ2v) is 8.33. The molecule has 0 atom stereocenters. The second-order valence-electron chi connectivity index (χ2n) is 6.90. The van der Waals surface area contributed by atoms with Crippen molar-refractivity contribution in [3.8, 4) is 0 Å². The zero-order valence-electron chi connectivity index (χ0n) is 15.4. The lowest BCUT2D eigenvalue weighted by atomic mass is 9.84. The predicted octanol–water partition coefficient (Wildman–Crippen LogP) is 2.69. The number of fused-ring (bicyclic) bond motifs is 1. The Kier molecular flexibility index (Phi) is 5.27. The molecule has 3 aromatic rings. The maximum absolute atomic E-state index is 12.6. The molecule has 1 amide bonds. The van der Waals surface area contributed by atoms with Gasteiger partial charge in [-0.3, -0.25) is 4.79 Å². The lowest BCUT2D eigenvalue weighted by Crippen LogP contribution is -2.45. The molecule has 1 fully saturated rings. The van der Waals surface area contributed by atoms with Gasteiger partial charge < -0.3 is 10.0 Å². The van der Waals surface area contributed by atoms with Crippen LogP contribution in [0.4, 0.5) is 0 Å². The van der Waals surface area contributed by atoms with Crippen molar-refractivity contribution in [2.24, 2.45) is 0 Å². The van der Waals surface area contributed by atoms with E-state index in [0.717, 1.165) is 10.6 Å². The number of nitrogens with zero attached hydrogens (tertiary/aromatic N) is 5. The summed E-state index contributed by atoms with van der Waals surface area (Å²) in [5.74, 6) is 1.06. The molecule has 7 nitrogen and oxygen atoms in total. The first-order chi connectivity index (χ1) is 13.4. The number of amides is 1. The molecule has 1 saturated heterocycles. The summed E-state index contributed by atoms with van der Waals surface area (Å²) < 4.78 is 1.67. The Morgan fingerprint density at radius 1 is 1.18 bits per heavy atom. The highest BCUT2D eigenvalue weighted by molar-refractivity contribution is 7.99. The number of aliphatic hydroxyl groups is 1. The fourth-order valence-electron chi connectivity index (χ4n) is 3.36. The molecule has 2 aromatic heterocycles. The largest absolute Gasteiger partial charge is 0.385 e. The number of piperidine rings is 1. The number of carbonyl (C=O) groups is 1. The highest BCUT2D eigenvalue weighted by atomic mass is 35.5. The van der Waals surface area contributed by atoms with Crippen molar-refractivity contribution in [2.45, 2.75) is 30.4 Å². The third-order valence-corrected chi connectivity index (χ3v) is 6.22. The molecule has 1 aliphatic rings. The van der Waals surface area contributed by atoms with E-state index in [-0.39, 0.29) is 5.91 Å². The van der Waals surface area contributed by atoms with Gasteiger partial charge in [0.1, 0.15) is 5.03 Å². The summed E-state index contributed by atoms with van der Waals surface area (Å²) in [6.07, 6.45) is 1.02. The van der Waals surface area contributed by atoms with Crippen LogP contribution in [0.15, 0.2) is 41.4 Å². The molecule has 1 N–H and O–H groups in total. The van der Waals surface area contributed by atoms with E-state index in [9.17, 15) is 9.90 Å². The summed E-state index contributed by atoms with van der Waals surface area (Å²) in [5, 5.41) is 24.8. The molecule has 0 saturated carbocycles. The zero-order chi connectivity index (χ0) is 19.7. The van der Waals surface area contributed by atoms with Crippen LogP contribution in [0, 0.1) is 6.92 Å². The molecule has 146 valence electrons. The molecule has 3 heterocycles. The van der Waals surface area contributed by atoms with Gasteiger partial charge in [0.05, 0.1) is 11.4 Å². The topological polar surface area (TPSA) is 83.6 Å². The minimum Gasteiger partial charge on any atom is -0.385 e. The van der Waals surface area contributed by atoms with E-state index in [1.807, 2.05) is 31.2 Å². The van der Waals surface area contributed by atoms with E-state index in [4.69, 9.17) is 11.6 Å². The monoisotopic (exact) mass is 417 g/mol. The number of likely N-dealkylation sites (tertiary alicyclic amines) is 1. The van der Waals surface area contributed by atoms with Gasteiger partial charge in [-0.25, -0.2) is 0 Å². The van der Waals surface area contributed by atoms with E-state index in [1.165, 1.54) is 11.8 Å². The van der Waals surface area contributed by atoms with Gasteiger partial charge in [-0.2, -0.15) is 9.61 Å². The summed E-state index contributed by atoms with van der Waals surface area (Å²) in [7, 11) is 0. The summed E-state index contributed by atoms with van der Waals surface area (Å²) in [6, 6.07) is 11.0. The summed E-state index contributed by atoms with van der Waals surface area (Å²) in [6.45, 7) is 2.88. The van der Waals surface area contributed by atoms with Crippen molar-refractivity contribution < 1.29 is 9.90 Å². The zero-order valence-corrected chi connectivity index (χ0v) is 16.9. The second kappa shape index (κ2) is 7.69. The Bertz CT molecular complexity index is 999. The molecule has 0 unspecified atom stereocenters. The van der Waals surface area contributed by atoms with Crippen LogP contribution in [0.25, 0.3) is 5.65 Å². The molecular weight excluding hydrogens is 398 g/mol. The first-order valence-corrected chi connectivity index (χ1v) is 10.4. The normalized spacial score (nSPS) is 16.5. The lowest BCUT2D eigenvalue weighted by Gasteiger charge is -2.38. The van der Waals surface area contributed by atoms with Crippen LogP contribution in [-0.4, -0.2) is 54.6 Å². The van der Waals surface area contributed by atoms with Crippen LogP contribution in [0.5, 0.6) is 0 Å². The number of hydrogen-bond acceptors (Lipinski definition) is 6. The van der Waals surface area contributed by atoms with E-state index in [1.54, 1.807) is 21.5 Å². The fraction of sp³-hybridized carbons (Fsp3) is 0.368. The summed E-state index contributed by atoms with van der Waals surface area (Å²) >= 11 is 7.32. The molecule has 4 rings (SSSR count). The number of rotatable bonds is 4. The molecule has 0 aliphatic carbocycles. The smallest absolute Gasteiger partial charge is 0.232 e. The van der Waals surface area contributed by atoms with Crippen molar-refractivity contribution in [3.05, 3.63) is 52.8 Å². The van der Waals surface area contributed by atoms with Gasteiger partial charge >= 0.3 is 0 Å². The SMILES string of the molecule is Cc1nnc2ccc(SCC(=O)N3CCC(O)(c4ccc(Cl)cc4)CC3)nn12. The van der Waals surface area contributed by atoms with Crippen molar-refractivity contribution in [1.82, 2.24) is 24.7 Å². The highest BCUT2D eigenvalue weighted by Gasteiger charge is 2.35. The number of benzene rings is 1. The Morgan fingerprint density at radius 2 is 1.89 bits per heavy atom. The molecule has 0 bridgehead atoms. The van der Waals surface area contributed by atoms with Crippen molar-refractivity contribution in [2.75, 3.05) is 18.8 Å². The van der Waals surface area contributed by atoms with Crippen LogP contribution in [0.2, 0.25) is 5.02 Å². The molecule has 28 heavy (non-hydrogen) atoms. The van der Waals surface area contributed by atoms with Crippen molar-refractivity contribution in [3.63, 3.8) is 0 Å². The maximum Gasteiger partial charge on any atom is 0.232 e. The number of halogens is 1. The van der Waals surface area contributed by atoms with Crippen LogP contribution in [0.3, 0.4) is 0 Å². The van der Waals surface area contributed by atoms with E-state index in [2.05, 4.69) is 15.3 Å². The number of hydrogen-bond donors (Lipinski definition) is 1. The van der Waals surface area contributed by atoms with Gasteiger partial charge in [-0.05, 0) is 49.6 Å². The fourth-order valence-corrected chi connectivity index (χ4v) is 4.24. The third kappa shape index (κ3) is 3.85. The Hall–Kier alpha value is -2.16. The quantitative estimate of drug-likeness (QED) is 0.657. The van der Waals surface area contributed by atoms with E-state index in [0.29, 0.717) is 48.2 Å². The Balaban J connectivity index is 1.34. The van der Waals surface area contributed by atoms with Crippen molar-refractivity contribution >= 4 is 34.9 Å². The van der Waals surface area contributed by atoms with Gasteiger partial charge in [-0.15, -0.1) is 10.2 Å². The predicted molar refractivity (Wildman–Crippen MR) is 107 cm³/mol. The number of thioether (sulfide) groups is 1. The minimum absolute atomic E-state index is 0.0468. The lowest BCUT2D eigenvalue weighted by molar-refractivity contribution is -0.132. The van der Waals surface area contributed by atoms with E-state index < -0.39 is 5.60 Å².